The Balaban J connectivity index is 1.54. The molecule has 0 aromatic heterocycles. The Bertz CT molecular complexity index is 881. The third kappa shape index (κ3) is 5.83. The third-order valence-electron chi connectivity index (χ3n) is 5.35. The topological polar surface area (TPSA) is 23.8 Å². The van der Waals surface area contributed by atoms with E-state index in [1.807, 2.05) is 12.1 Å². The van der Waals surface area contributed by atoms with E-state index in [0.29, 0.717) is 0 Å². The molecular formula is C27H29N. The van der Waals surface area contributed by atoms with Crippen LogP contribution in [0.1, 0.15) is 54.9 Å². The van der Waals surface area contributed by atoms with Gasteiger partial charge in [-0.1, -0.05) is 86.8 Å². The zero-order valence-corrected chi connectivity index (χ0v) is 16.8. The maximum absolute atomic E-state index is 8.88. The van der Waals surface area contributed by atoms with Crippen molar-refractivity contribution in [1.82, 2.24) is 0 Å². The van der Waals surface area contributed by atoms with Crippen molar-refractivity contribution < 1.29 is 0 Å². The Hall–Kier alpha value is -2.85. The summed E-state index contributed by atoms with van der Waals surface area (Å²) in [6.45, 7) is 2.26. The van der Waals surface area contributed by atoms with E-state index >= 15 is 0 Å². The molecule has 0 aliphatic carbocycles. The fourth-order valence-corrected chi connectivity index (χ4v) is 3.52. The van der Waals surface area contributed by atoms with Crippen LogP contribution in [0.2, 0.25) is 0 Å². The molecule has 0 saturated heterocycles. The highest BCUT2D eigenvalue weighted by Crippen LogP contribution is 2.22. The van der Waals surface area contributed by atoms with Gasteiger partial charge in [-0.3, -0.25) is 0 Å². The van der Waals surface area contributed by atoms with Crippen LogP contribution < -0.4 is 0 Å². The number of unbranched alkanes of at least 4 members (excludes halogenated alkanes) is 3. The van der Waals surface area contributed by atoms with Gasteiger partial charge in [0, 0.05) is 0 Å². The second kappa shape index (κ2) is 10.5. The fourth-order valence-electron chi connectivity index (χ4n) is 3.52. The van der Waals surface area contributed by atoms with Crippen molar-refractivity contribution in [3.8, 4) is 17.2 Å². The normalized spacial score (nSPS) is 10.6. The molecule has 1 heteroatoms. The van der Waals surface area contributed by atoms with Gasteiger partial charge in [0.1, 0.15) is 0 Å². The molecule has 0 amide bonds. The molecule has 0 aliphatic rings. The van der Waals surface area contributed by atoms with Gasteiger partial charge in [-0.25, -0.2) is 0 Å². The highest BCUT2D eigenvalue weighted by Gasteiger charge is 2.01. The summed E-state index contributed by atoms with van der Waals surface area (Å²) in [6, 6.07) is 28.0. The molecule has 0 unspecified atom stereocenters. The minimum Gasteiger partial charge on any atom is -0.192 e. The number of nitriles is 1. The Morgan fingerprint density at radius 2 is 1.04 bits per heavy atom. The van der Waals surface area contributed by atoms with Gasteiger partial charge < -0.3 is 0 Å². The van der Waals surface area contributed by atoms with Gasteiger partial charge in [0.25, 0.3) is 0 Å². The summed E-state index contributed by atoms with van der Waals surface area (Å²) in [5.74, 6) is 0. The summed E-state index contributed by atoms with van der Waals surface area (Å²) in [5.41, 5.74) is 7.35. The fraction of sp³-hybridized carbons (Fsp3) is 0.296. The van der Waals surface area contributed by atoms with Crippen LogP contribution in [-0.2, 0) is 19.3 Å². The quantitative estimate of drug-likeness (QED) is 0.369. The van der Waals surface area contributed by atoms with Crippen LogP contribution in [0.25, 0.3) is 11.1 Å². The van der Waals surface area contributed by atoms with E-state index in [-0.39, 0.29) is 0 Å². The van der Waals surface area contributed by atoms with E-state index in [1.54, 1.807) is 0 Å². The summed E-state index contributed by atoms with van der Waals surface area (Å²) in [5, 5.41) is 8.88. The van der Waals surface area contributed by atoms with Crippen LogP contribution in [0, 0.1) is 11.3 Å². The molecule has 0 fully saturated rings. The van der Waals surface area contributed by atoms with Crippen molar-refractivity contribution in [3.05, 3.63) is 95.1 Å². The summed E-state index contributed by atoms with van der Waals surface area (Å²) in [4.78, 5) is 0. The van der Waals surface area contributed by atoms with Crippen LogP contribution in [0.15, 0.2) is 72.8 Å². The standard InChI is InChI=1S/C27H29N/c1-2-3-4-5-6-22-13-17-26(18-14-22)27-19-15-24(16-20-27)8-7-23-9-11-25(21-28)12-10-23/h9-20H,2-8H2,1H3. The Kier molecular flexibility index (Phi) is 7.44. The first-order valence-electron chi connectivity index (χ1n) is 10.5. The lowest BCUT2D eigenvalue weighted by atomic mass is 9.98. The van der Waals surface area contributed by atoms with E-state index in [0.717, 1.165) is 18.4 Å². The number of benzene rings is 3. The van der Waals surface area contributed by atoms with E-state index in [2.05, 4.69) is 73.7 Å². The van der Waals surface area contributed by atoms with Crippen molar-refractivity contribution >= 4 is 0 Å². The highest BCUT2D eigenvalue weighted by atomic mass is 14.2. The van der Waals surface area contributed by atoms with Crippen molar-refractivity contribution in [2.45, 2.75) is 51.9 Å². The van der Waals surface area contributed by atoms with E-state index in [4.69, 9.17) is 5.26 Å². The maximum atomic E-state index is 8.88. The molecule has 0 N–H and O–H groups in total. The zero-order valence-electron chi connectivity index (χ0n) is 16.8. The average molecular weight is 368 g/mol. The molecule has 1 nitrogen and oxygen atoms in total. The van der Waals surface area contributed by atoms with Crippen LogP contribution >= 0.6 is 0 Å². The largest absolute Gasteiger partial charge is 0.192 e. The predicted octanol–water partition coefficient (Wildman–Crippen LogP) is 7.13. The highest BCUT2D eigenvalue weighted by molar-refractivity contribution is 5.64. The first-order chi connectivity index (χ1) is 13.8. The van der Waals surface area contributed by atoms with Gasteiger partial charge >= 0.3 is 0 Å². The number of rotatable bonds is 9. The van der Waals surface area contributed by atoms with Crippen molar-refractivity contribution in [3.63, 3.8) is 0 Å². The molecule has 142 valence electrons. The Morgan fingerprint density at radius 3 is 1.50 bits per heavy atom. The number of nitrogens with zero attached hydrogens (tertiary/aromatic N) is 1. The smallest absolute Gasteiger partial charge is 0.0991 e. The second-order valence-corrected chi connectivity index (χ2v) is 7.51. The van der Waals surface area contributed by atoms with Crippen molar-refractivity contribution in [2.24, 2.45) is 0 Å². The molecule has 3 aromatic rings. The second-order valence-electron chi connectivity index (χ2n) is 7.51. The maximum Gasteiger partial charge on any atom is 0.0991 e. The molecule has 3 aromatic carbocycles. The minimum absolute atomic E-state index is 0.722. The molecule has 0 saturated carbocycles. The lowest BCUT2D eigenvalue weighted by Crippen LogP contribution is -1.92. The summed E-state index contributed by atoms with van der Waals surface area (Å²) in [7, 11) is 0. The molecule has 28 heavy (non-hydrogen) atoms. The molecule has 0 atom stereocenters. The van der Waals surface area contributed by atoms with Crippen molar-refractivity contribution in [1.29, 1.82) is 5.26 Å². The van der Waals surface area contributed by atoms with Gasteiger partial charge in [-0.05, 0) is 65.6 Å². The lowest BCUT2D eigenvalue weighted by Gasteiger charge is -2.07. The van der Waals surface area contributed by atoms with Gasteiger partial charge in [0.05, 0.1) is 11.6 Å². The van der Waals surface area contributed by atoms with Gasteiger partial charge in [-0.15, -0.1) is 0 Å². The van der Waals surface area contributed by atoms with Crippen molar-refractivity contribution in [2.75, 3.05) is 0 Å². The molecule has 3 rings (SSSR count). The number of aryl methyl sites for hydroxylation is 3. The van der Waals surface area contributed by atoms with E-state index in [9.17, 15) is 0 Å². The summed E-state index contributed by atoms with van der Waals surface area (Å²) >= 11 is 0. The van der Waals surface area contributed by atoms with Crippen LogP contribution in [0.5, 0.6) is 0 Å². The average Bonchev–Trinajstić information content (AvgIpc) is 2.76. The van der Waals surface area contributed by atoms with Gasteiger partial charge in [0.2, 0.25) is 0 Å². The van der Waals surface area contributed by atoms with Gasteiger partial charge in [0.15, 0.2) is 0 Å². The monoisotopic (exact) mass is 367 g/mol. The minimum atomic E-state index is 0.722. The van der Waals surface area contributed by atoms with E-state index in [1.165, 1.54) is 59.9 Å². The first-order valence-corrected chi connectivity index (χ1v) is 10.5. The Labute approximate surface area is 169 Å². The molecule has 0 bridgehead atoms. The third-order valence-corrected chi connectivity index (χ3v) is 5.35. The summed E-state index contributed by atoms with van der Waals surface area (Å²) in [6.07, 6.45) is 8.47. The van der Waals surface area contributed by atoms with Gasteiger partial charge in [-0.2, -0.15) is 5.26 Å². The molecule has 0 heterocycles. The molecule has 0 aliphatic heterocycles. The van der Waals surface area contributed by atoms with Crippen LogP contribution in [0.3, 0.4) is 0 Å². The molecule has 0 spiro atoms. The SMILES string of the molecule is CCCCCCc1ccc(-c2ccc(CCc3ccc(C#N)cc3)cc2)cc1. The number of hydrogen-bond donors (Lipinski definition) is 0. The molecule has 0 radical (unpaired) electrons. The Morgan fingerprint density at radius 1 is 0.571 bits per heavy atom. The first kappa shape index (κ1) is 19.9. The lowest BCUT2D eigenvalue weighted by molar-refractivity contribution is 0.667. The molecular weight excluding hydrogens is 338 g/mol. The van der Waals surface area contributed by atoms with Crippen LogP contribution in [0.4, 0.5) is 0 Å². The van der Waals surface area contributed by atoms with Crippen LogP contribution in [-0.4, -0.2) is 0 Å². The predicted molar refractivity (Wildman–Crippen MR) is 118 cm³/mol. The summed E-state index contributed by atoms with van der Waals surface area (Å²) < 4.78 is 0. The number of hydrogen-bond acceptors (Lipinski definition) is 1. The van der Waals surface area contributed by atoms with E-state index < -0.39 is 0 Å². The zero-order chi connectivity index (χ0) is 19.6.